The molecule has 1 fully saturated rings. The van der Waals surface area contributed by atoms with Crippen molar-refractivity contribution in [1.82, 2.24) is 4.98 Å². The first-order valence-electron chi connectivity index (χ1n) is 8.29. The van der Waals surface area contributed by atoms with Gasteiger partial charge in [0.15, 0.2) is 5.13 Å². The summed E-state index contributed by atoms with van der Waals surface area (Å²) in [4.78, 5) is 16.9. The number of ether oxygens (including phenoxy) is 2. The Morgan fingerprint density at radius 2 is 2.20 bits per heavy atom. The van der Waals surface area contributed by atoms with Crippen LogP contribution < -0.4 is 10.1 Å². The number of carbonyl (C=O) groups is 1. The van der Waals surface area contributed by atoms with Crippen LogP contribution >= 0.6 is 11.3 Å². The van der Waals surface area contributed by atoms with E-state index in [0.29, 0.717) is 23.1 Å². The second-order valence-corrected chi connectivity index (χ2v) is 6.95. The average Bonchev–Trinajstić information content (AvgIpc) is 3.29. The van der Waals surface area contributed by atoms with Gasteiger partial charge in [-0.15, -0.1) is 0 Å². The van der Waals surface area contributed by atoms with Gasteiger partial charge in [0.05, 0.1) is 16.3 Å². The maximum atomic E-state index is 12.5. The van der Waals surface area contributed by atoms with E-state index in [1.807, 2.05) is 36.4 Å². The van der Waals surface area contributed by atoms with Gasteiger partial charge in [-0.3, -0.25) is 10.1 Å². The zero-order valence-corrected chi connectivity index (χ0v) is 14.4. The smallest absolute Gasteiger partial charge is 0.257 e. The molecule has 1 amide bonds. The molecule has 0 bridgehead atoms. The van der Waals surface area contributed by atoms with Crippen molar-refractivity contribution < 1.29 is 14.3 Å². The monoisotopic (exact) mass is 354 g/mol. The lowest BCUT2D eigenvalue weighted by atomic mass is 10.2. The first-order chi connectivity index (χ1) is 12.3. The summed E-state index contributed by atoms with van der Waals surface area (Å²) in [5, 5.41) is 3.45. The van der Waals surface area contributed by atoms with Crippen LogP contribution in [0, 0.1) is 0 Å². The van der Waals surface area contributed by atoms with Crippen molar-refractivity contribution in [3.05, 3.63) is 54.1 Å². The summed E-state index contributed by atoms with van der Waals surface area (Å²) >= 11 is 1.46. The van der Waals surface area contributed by atoms with Crippen LogP contribution in [0.25, 0.3) is 10.2 Å². The molecule has 0 spiro atoms. The molecule has 1 aliphatic rings. The molecule has 4 rings (SSSR count). The summed E-state index contributed by atoms with van der Waals surface area (Å²) in [7, 11) is 0. The van der Waals surface area contributed by atoms with Gasteiger partial charge < -0.3 is 9.47 Å². The molecule has 3 aromatic rings. The van der Waals surface area contributed by atoms with E-state index in [2.05, 4.69) is 10.3 Å². The summed E-state index contributed by atoms with van der Waals surface area (Å²) in [5.41, 5.74) is 1.43. The van der Waals surface area contributed by atoms with Gasteiger partial charge in [-0.1, -0.05) is 29.5 Å². The number of amides is 1. The number of hydrogen-bond acceptors (Lipinski definition) is 5. The van der Waals surface area contributed by atoms with Crippen molar-refractivity contribution in [2.45, 2.75) is 18.9 Å². The zero-order valence-electron chi connectivity index (χ0n) is 13.6. The number of anilines is 1. The maximum absolute atomic E-state index is 12.5. The molecule has 0 aliphatic carbocycles. The summed E-state index contributed by atoms with van der Waals surface area (Å²) in [6, 6.07) is 15.0. The first kappa shape index (κ1) is 16.1. The Hall–Kier alpha value is -2.44. The Morgan fingerprint density at radius 1 is 1.28 bits per heavy atom. The van der Waals surface area contributed by atoms with Gasteiger partial charge in [0.2, 0.25) is 0 Å². The molecule has 1 aromatic heterocycles. The number of fused-ring (bicyclic) bond motifs is 1. The molecule has 1 aliphatic heterocycles. The van der Waals surface area contributed by atoms with Crippen molar-refractivity contribution in [1.29, 1.82) is 0 Å². The van der Waals surface area contributed by atoms with E-state index in [1.54, 1.807) is 12.1 Å². The molecular formula is C19H18N2O3S. The Balaban J connectivity index is 1.43. The highest BCUT2D eigenvalue weighted by Gasteiger charge is 2.16. The van der Waals surface area contributed by atoms with Crippen molar-refractivity contribution in [2.24, 2.45) is 0 Å². The molecule has 1 atom stereocenters. The number of para-hydroxylation sites is 1. The topological polar surface area (TPSA) is 60.5 Å². The SMILES string of the molecule is O=C(Nc1nc2ccccc2s1)c1cccc(OC[C@H]2CCCO2)c1. The van der Waals surface area contributed by atoms with Crippen LogP contribution in [0.1, 0.15) is 23.2 Å². The molecule has 128 valence electrons. The highest BCUT2D eigenvalue weighted by Crippen LogP contribution is 2.26. The molecule has 0 radical (unpaired) electrons. The molecule has 6 heteroatoms. The number of nitrogens with one attached hydrogen (secondary N) is 1. The maximum Gasteiger partial charge on any atom is 0.257 e. The fraction of sp³-hybridized carbons (Fsp3) is 0.263. The molecular weight excluding hydrogens is 336 g/mol. The van der Waals surface area contributed by atoms with Crippen molar-refractivity contribution in [2.75, 3.05) is 18.5 Å². The Labute approximate surface area is 149 Å². The molecule has 5 nitrogen and oxygen atoms in total. The molecule has 1 saturated heterocycles. The number of aromatic nitrogens is 1. The number of nitrogens with zero attached hydrogens (tertiary/aromatic N) is 1. The van der Waals surface area contributed by atoms with Crippen LogP contribution in [0.5, 0.6) is 5.75 Å². The third kappa shape index (κ3) is 3.81. The quantitative estimate of drug-likeness (QED) is 0.749. The minimum Gasteiger partial charge on any atom is -0.491 e. The van der Waals surface area contributed by atoms with Crippen LogP contribution in [-0.2, 0) is 4.74 Å². The van der Waals surface area contributed by atoms with Gasteiger partial charge in [0.1, 0.15) is 12.4 Å². The van der Waals surface area contributed by atoms with Crippen molar-refractivity contribution >= 4 is 32.6 Å². The zero-order chi connectivity index (χ0) is 17.1. The third-order valence-electron chi connectivity index (χ3n) is 4.07. The van der Waals surface area contributed by atoms with Crippen LogP contribution in [0.2, 0.25) is 0 Å². The minimum absolute atomic E-state index is 0.153. The van der Waals surface area contributed by atoms with Gasteiger partial charge in [0.25, 0.3) is 5.91 Å². The summed E-state index contributed by atoms with van der Waals surface area (Å²) in [6.45, 7) is 1.32. The lowest BCUT2D eigenvalue weighted by Crippen LogP contribution is -2.16. The highest BCUT2D eigenvalue weighted by molar-refractivity contribution is 7.22. The molecule has 1 N–H and O–H groups in total. The fourth-order valence-corrected chi connectivity index (χ4v) is 3.65. The average molecular weight is 354 g/mol. The molecule has 2 aromatic carbocycles. The molecule has 0 saturated carbocycles. The number of hydrogen-bond donors (Lipinski definition) is 1. The number of rotatable bonds is 5. The third-order valence-corrected chi connectivity index (χ3v) is 5.02. The van der Waals surface area contributed by atoms with Gasteiger partial charge >= 0.3 is 0 Å². The normalized spacial score (nSPS) is 16.9. The lowest BCUT2D eigenvalue weighted by Gasteiger charge is -2.12. The first-order valence-corrected chi connectivity index (χ1v) is 9.11. The van der Waals surface area contributed by atoms with E-state index in [-0.39, 0.29) is 12.0 Å². The Morgan fingerprint density at radius 3 is 3.04 bits per heavy atom. The van der Waals surface area contributed by atoms with E-state index in [9.17, 15) is 4.79 Å². The van der Waals surface area contributed by atoms with Gasteiger partial charge in [-0.05, 0) is 43.2 Å². The molecule has 2 heterocycles. The van der Waals surface area contributed by atoms with E-state index < -0.39 is 0 Å². The van der Waals surface area contributed by atoms with Crippen LogP contribution in [0.3, 0.4) is 0 Å². The fourth-order valence-electron chi connectivity index (χ4n) is 2.79. The van der Waals surface area contributed by atoms with Gasteiger partial charge in [-0.2, -0.15) is 0 Å². The van der Waals surface area contributed by atoms with E-state index in [4.69, 9.17) is 9.47 Å². The largest absolute Gasteiger partial charge is 0.491 e. The van der Waals surface area contributed by atoms with E-state index in [1.165, 1.54) is 11.3 Å². The summed E-state index contributed by atoms with van der Waals surface area (Å²) in [6.07, 6.45) is 2.26. The molecule has 0 unspecified atom stereocenters. The second-order valence-electron chi connectivity index (χ2n) is 5.91. The second kappa shape index (κ2) is 7.21. The molecule has 25 heavy (non-hydrogen) atoms. The highest BCUT2D eigenvalue weighted by atomic mass is 32.1. The van der Waals surface area contributed by atoms with Gasteiger partial charge in [0, 0.05) is 12.2 Å². The van der Waals surface area contributed by atoms with E-state index in [0.717, 1.165) is 29.7 Å². The standard InChI is InChI=1S/C19H18N2O3S/c22-18(21-19-20-16-8-1-2-9-17(16)25-19)13-5-3-6-14(11-13)24-12-15-7-4-10-23-15/h1-3,5-6,8-9,11,15H,4,7,10,12H2,(H,20,21,22)/t15-/m1/s1. The number of carbonyl (C=O) groups excluding carboxylic acids is 1. The predicted octanol–water partition coefficient (Wildman–Crippen LogP) is 4.11. The van der Waals surface area contributed by atoms with Crippen LogP contribution in [0.15, 0.2) is 48.5 Å². The number of benzene rings is 2. The van der Waals surface area contributed by atoms with Crippen molar-refractivity contribution in [3.63, 3.8) is 0 Å². The van der Waals surface area contributed by atoms with Crippen LogP contribution in [0.4, 0.5) is 5.13 Å². The Kier molecular flexibility index (Phi) is 4.63. The summed E-state index contributed by atoms with van der Waals surface area (Å²) in [5.74, 6) is 0.481. The predicted molar refractivity (Wildman–Crippen MR) is 98.5 cm³/mol. The van der Waals surface area contributed by atoms with Crippen molar-refractivity contribution in [3.8, 4) is 5.75 Å². The Bertz CT molecular complexity index is 854. The van der Waals surface area contributed by atoms with E-state index >= 15 is 0 Å². The number of thiazole rings is 1. The lowest BCUT2D eigenvalue weighted by molar-refractivity contribution is 0.0679. The summed E-state index contributed by atoms with van der Waals surface area (Å²) < 4.78 is 12.4. The minimum atomic E-state index is -0.193. The van der Waals surface area contributed by atoms with Gasteiger partial charge in [-0.25, -0.2) is 4.98 Å². The van der Waals surface area contributed by atoms with Crippen LogP contribution in [-0.4, -0.2) is 30.2 Å².